The van der Waals surface area contributed by atoms with Crippen LogP contribution < -0.4 is 16.0 Å². The highest BCUT2D eigenvalue weighted by molar-refractivity contribution is 7.94. The van der Waals surface area contributed by atoms with Gasteiger partial charge in [-0.05, 0) is 68.4 Å². The molecule has 1 aromatic carbocycles. The lowest BCUT2D eigenvalue weighted by Gasteiger charge is -2.24. The number of hydrogen-bond acceptors (Lipinski definition) is 4. The number of carbonyl (C=O) groups excluding carboxylic acids is 1. The minimum Gasteiger partial charge on any atom is -0.331 e. The van der Waals surface area contributed by atoms with Crippen molar-refractivity contribution in [1.82, 2.24) is 16.0 Å². The molecule has 1 heterocycles. The first-order chi connectivity index (χ1) is 16.4. The Labute approximate surface area is 216 Å². The summed E-state index contributed by atoms with van der Waals surface area (Å²) in [6.07, 6.45) is 1.98. The number of carbonyl (C=O) groups is 1. The van der Waals surface area contributed by atoms with Crippen molar-refractivity contribution in [2.24, 2.45) is 0 Å². The molecular weight excluding hydrogens is 512 g/mol. The standard InChI is InChI=1S/C25H30Cl2FN3O3S/c1-14-9-20-10-18(5-6-19(20)12-29-14)13-35(33,34)21-7-8-23(22(28)11-21)31-25(32)30-17(4)15(2)24(27)16(3)26/h5-6,10-11,14,17,29H,2,7-9,12-13H2,1,3-4H3,(H2,30,31,32)/b24-16-. The number of benzene rings is 1. The summed E-state index contributed by atoms with van der Waals surface area (Å²) in [6, 6.07) is 4.81. The van der Waals surface area contributed by atoms with Crippen molar-refractivity contribution >= 4 is 39.1 Å². The van der Waals surface area contributed by atoms with Gasteiger partial charge in [0.2, 0.25) is 0 Å². The molecule has 0 bridgehead atoms. The average Bonchev–Trinajstić information content (AvgIpc) is 2.78. The zero-order valence-electron chi connectivity index (χ0n) is 20.0. The summed E-state index contributed by atoms with van der Waals surface area (Å²) in [4.78, 5) is 12.3. The van der Waals surface area contributed by atoms with Gasteiger partial charge in [0, 0.05) is 22.5 Å². The highest BCUT2D eigenvalue weighted by Gasteiger charge is 2.26. The first-order valence-corrected chi connectivity index (χ1v) is 13.7. The predicted molar refractivity (Wildman–Crippen MR) is 139 cm³/mol. The number of rotatable bonds is 7. The Kier molecular flexibility index (Phi) is 8.86. The third-order valence-electron chi connectivity index (χ3n) is 6.11. The van der Waals surface area contributed by atoms with Gasteiger partial charge in [0.25, 0.3) is 0 Å². The zero-order valence-corrected chi connectivity index (χ0v) is 22.3. The fraction of sp³-hybridized carbons (Fsp3) is 0.400. The molecule has 2 amide bonds. The van der Waals surface area contributed by atoms with E-state index in [-0.39, 0.29) is 34.2 Å². The van der Waals surface area contributed by atoms with Crippen LogP contribution in [0.1, 0.15) is 50.3 Å². The number of hydrogen-bond donors (Lipinski definition) is 3. The molecule has 3 N–H and O–H groups in total. The second kappa shape index (κ2) is 11.3. The van der Waals surface area contributed by atoms with Gasteiger partial charge in [0.15, 0.2) is 9.84 Å². The van der Waals surface area contributed by atoms with Crippen LogP contribution in [0.25, 0.3) is 0 Å². The van der Waals surface area contributed by atoms with Crippen molar-refractivity contribution in [2.45, 2.75) is 64.4 Å². The van der Waals surface area contributed by atoms with Crippen LogP contribution in [0.5, 0.6) is 0 Å². The van der Waals surface area contributed by atoms with Crippen molar-refractivity contribution in [3.63, 3.8) is 0 Å². The molecule has 0 fully saturated rings. The second-order valence-corrected chi connectivity index (χ2v) is 12.0. The average molecular weight is 543 g/mol. The van der Waals surface area contributed by atoms with E-state index >= 15 is 0 Å². The molecule has 0 radical (unpaired) electrons. The summed E-state index contributed by atoms with van der Waals surface area (Å²) in [7, 11) is -3.71. The van der Waals surface area contributed by atoms with E-state index in [1.807, 2.05) is 18.2 Å². The molecule has 6 nitrogen and oxygen atoms in total. The lowest BCUT2D eigenvalue weighted by Crippen LogP contribution is -2.41. The van der Waals surface area contributed by atoms with E-state index in [1.165, 1.54) is 0 Å². The summed E-state index contributed by atoms with van der Waals surface area (Å²) in [5.74, 6) is -0.977. The molecule has 1 aromatic rings. The Balaban J connectivity index is 1.67. The van der Waals surface area contributed by atoms with Gasteiger partial charge < -0.3 is 16.0 Å². The van der Waals surface area contributed by atoms with Gasteiger partial charge in [-0.15, -0.1) is 0 Å². The van der Waals surface area contributed by atoms with Crippen molar-refractivity contribution in [3.8, 4) is 0 Å². The zero-order chi connectivity index (χ0) is 25.9. The molecule has 0 saturated carbocycles. The number of sulfone groups is 1. The minimum atomic E-state index is -3.71. The van der Waals surface area contributed by atoms with Crippen LogP contribution in [0.4, 0.5) is 9.18 Å². The Morgan fingerprint density at radius 2 is 2.00 bits per heavy atom. The fourth-order valence-electron chi connectivity index (χ4n) is 4.03. The molecule has 0 saturated heterocycles. The monoisotopic (exact) mass is 541 g/mol. The van der Waals surface area contributed by atoms with Crippen molar-refractivity contribution in [1.29, 1.82) is 0 Å². The van der Waals surface area contributed by atoms with Crippen LogP contribution in [0.15, 0.2) is 62.9 Å². The van der Waals surface area contributed by atoms with Gasteiger partial charge in [-0.3, -0.25) is 0 Å². The van der Waals surface area contributed by atoms with Crippen LogP contribution in [0.3, 0.4) is 0 Å². The number of amides is 2. The first kappa shape index (κ1) is 27.5. The Morgan fingerprint density at radius 3 is 2.66 bits per heavy atom. The molecule has 1 aliphatic carbocycles. The molecule has 1 aliphatic heterocycles. The minimum absolute atomic E-state index is 0.0182. The quantitative estimate of drug-likeness (QED) is 0.400. The molecule has 2 aliphatic rings. The first-order valence-electron chi connectivity index (χ1n) is 11.3. The van der Waals surface area contributed by atoms with E-state index in [0.717, 1.165) is 30.2 Å². The topological polar surface area (TPSA) is 87.3 Å². The molecule has 3 rings (SSSR count). The number of allylic oxidation sites excluding steroid dienone is 5. The van der Waals surface area contributed by atoms with E-state index < -0.39 is 27.7 Å². The molecule has 2 unspecified atom stereocenters. The summed E-state index contributed by atoms with van der Waals surface area (Å²) in [5, 5.41) is 9.03. The van der Waals surface area contributed by atoms with E-state index in [4.69, 9.17) is 23.2 Å². The molecule has 0 spiro atoms. The summed E-state index contributed by atoms with van der Waals surface area (Å²) in [5.41, 5.74) is 3.41. The molecule has 35 heavy (non-hydrogen) atoms. The maximum absolute atomic E-state index is 14.8. The summed E-state index contributed by atoms with van der Waals surface area (Å²) < 4.78 is 40.7. The predicted octanol–water partition coefficient (Wildman–Crippen LogP) is 5.45. The van der Waals surface area contributed by atoms with Gasteiger partial charge in [0.1, 0.15) is 5.83 Å². The lowest BCUT2D eigenvalue weighted by molar-refractivity contribution is 0.241. The number of fused-ring (bicyclic) bond motifs is 1. The van der Waals surface area contributed by atoms with Gasteiger partial charge in [0.05, 0.1) is 22.5 Å². The van der Waals surface area contributed by atoms with Gasteiger partial charge in [-0.2, -0.15) is 0 Å². The van der Waals surface area contributed by atoms with Crippen LogP contribution in [0, 0.1) is 0 Å². The molecular formula is C25H30Cl2FN3O3S. The van der Waals surface area contributed by atoms with Crippen LogP contribution in [-0.4, -0.2) is 26.5 Å². The smallest absolute Gasteiger partial charge is 0.319 e. The molecule has 190 valence electrons. The number of nitrogens with one attached hydrogen (secondary N) is 3. The van der Waals surface area contributed by atoms with Gasteiger partial charge >= 0.3 is 6.03 Å². The van der Waals surface area contributed by atoms with E-state index in [0.29, 0.717) is 22.2 Å². The van der Waals surface area contributed by atoms with E-state index in [2.05, 4.69) is 29.5 Å². The largest absolute Gasteiger partial charge is 0.331 e. The lowest BCUT2D eigenvalue weighted by atomic mass is 9.95. The van der Waals surface area contributed by atoms with Gasteiger partial charge in [-0.1, -0.05) is 48.0 Å². The summed E-state index contributed by atoms with van der Waals surface area (Å²) in [6.45, 7) is 9.92. The second-order valence-electron chi connectivity index (χ2n) is 8.98. The Morgan fingerprint density at radius 1 is 1.29 bits per heavy atom. The van der Waals surface area contributed by atoms with E-state index in [9.17, 15) is 17.6 Å². The maximum atomic E-state index is 14.8. The van der Waals surface area contributed by atoms with E-state index in [1.54, 1.807) is 13.8 Å². The number of halogens is 3. The molecule has 2 atom stereocenters. The van der Waals surface area contributed by atoms with Crippen LogP contribution in [0.2, 0.25) is 0 Å². The molecule has 10 heteroatoms. The summed E-state index contributed by atoms with van der Waals surface area (Å²) >= 11 is 11.9. The third-order valence-corrected chi connectivity index (χ3v) is 8.76. The maximum Gasteiger partial charge on any atom is 0.319 e. The highest BCUT2D eigenvalue weighted by atomic mass is 35.5. The van der Waals surface area contributed by atoms with Crippen molar-refractivity contribution < 1.29 is 17.6 Å². The Hall–Kier alpha value is -2.13. The normalized spacial score (nSPS) is 19.8. The van der Waals surface area contributed by atoms with Gasteiger partial charge in [-0.25, -0.2) is 17.6 Å². The fourth-order valence-corrected chi connectivity index (χ4v) is 5.82. The molecule has 0 aromatic heterocycles. The van der Waals surface area contributed by atoms with Crippen LogP contribution >= 0.6 is 23.2 Å². The van der Waals surface area contributed by atoms with Crippen molar-refractivity contribution in [2.75, 3.05) is 0 Å². The Bertz CT molecular complexity index is 1230. The van der Waals surface area contributed by atoms with Crippen molar-refractivity contribution in [3.05, 3.63) is 79.6 Å². The highest BCUT2D eigenvalue weighted by Crippen LogP contribution is 2.30. The third kappa shape index (κ3) is 6.97. The SMILES string of the molecule is C=C(/C(Cl)=C(\C)Cl)C(C)NC(=O)NC1=C(F)C=C(S(=O)(=O)Cc2ccc3c(c2)CC(C)NC3)CC1. The number of urea groups is 1. The van der Waals surface area contributed by atoms with Crippen LogP contribution in [-0.2, 0) is 28.6 Å².